The van der Waals surface area contributed by atoms with Crippen molar-refractivity contribution >= 4 is 44.5 Å². The molecule has 0 aliphatic rings. The maximum absolute atomic E-state index is 5.66. The quantitative estimate of drug-likeness (QED) is 0.869. The molecule has 0 unspecified atom stereocenters. The molecule has 0 fully saturated rings. The van der Waals surface area contributed by atoms with Crippen molar-refractivity contribution in [3.8, 4) is 5.75 Å². The second kappa shape index (κ2) is 5.62. The molecule has 0 amide bonds. The molecule has 2 N–H and O–H groups in total. The summed E-state index contributed by atoms with van der Waals surface area (Å²) < 4.78 is 6.52. The molecule has 0 bridgehead atoms. The van der Waals surface area contributed by atoms with Gasteiger partial charge in [-0.15, -0.1) is 11.3 Å². The summed E-state index contributed by atoms with van der Waals surface area (Å²) in [5.74, 6) is 0.797. The lowest BCUT2D eigenvalue weighted by molar-refractivity contribution is 0.309. The van der Waals surface area contributed by atoms with Gasteiger partial charge in [0.25, 0.3) is 0 Å². The van der Waals surface area contributed by atoms with E-state index in [1.807, 2.05) is 35.7 Å². The Labute approximate surface area is 118 Å². The predicted molar refractivity (Wildman–Crippen MR) is 78.7 cm³/mol. The van der Waals surface area contributed by atoms with Crippen LogP contribution in [0, 0.1) is 0 Å². The molecule has 5 heteroatoms. The Morgan fingerprint density at radius 2 is 2.24 bits per heavy atom. The summed E-state index contributed by atoms with van der Waals surface area (Å²) >= 11 is 10.0. The first-order valence-electron chi connectivity index (χ1n) is 4.91. The average Bonchev–Trinajstić information content (AvgIpc) is 2.78. The van der Waals surface area contributed by atoms with E-state index < -0.39 is 0 Å². The van der Waals surface area contributed by atoms with Gasteiger partial charge in [-0.05, 0) is 45.6 Å². The number of rotatable bonds is 4. The molecule has 2 nitrogen and oxygen atoms in total. The van der Waals surface area contributed by atoms with E-state index in [0.717, 1.165) is 15.8 Å². The van der Waals surface area contributed by atoms with E-state index in [4.69, 9.17) is 22.7 Å². The van der Waals surface area contributed by atoms with E-state index in [1.54, 1.807) is 11.3 Å². The Balaban J connectivity index is 2.07. The van der Waals surface area contributed by atoms with E-state index in [9.17, 15) is 0 Å². The fourth-order valence-corrected chi connectivity index (χ4v) is 2.83. The molecule has 2 aromatic rings. The van der Waals surface area contributed by atoms with E-state index in [-0.39, 0.29) is 0 Å². The largest absolute Gasteiger partial charge is 0.488 e. The fourth-order valence-electron chi connectivity index (χ4n) is 1.33. The number of benzene rings is 1. The minimum Gasteiger partial charge on any atom is -0.488 e. The normalized spacial score (nSPS) is 10.2. The molecule has 0 aliphatic carbocycles. The van der Waals surface area contributed by atoms with Crippen LogP contribution in [0.1, 0.15) is 10.4 Å². The lowest BCUT2D eigenvalue weighted by Gasteiger charge is -2.07. The van der Waals surface area contributed by atoms with Crippen LogP contribution in [-0.2, 0) is 6.61 Å². The first-order valence-corrected chi connectivity index (χ1v) is 6.99. The topological polar surface area (TPSA) is 35.2 Å². The van der Waals surface area contributed by atoms with Crippen molar-refractivity contribution < 1.29 is 4.74 Å². The van der Waals surface area contributed by atoms with Gasteiger partial charge in [-0.3, -0.25) is 0 Å². The lowest BCUT2D eigenvalue weighted by atomic mass is 10.2. The summed E-state index contributed by atoms with van der Waals surface area (Å²) in [5.41, 5.74) is 6.40. The Morgan fingerprint density at radius 3 is 2.82 bits per heavy atom. The minimum absolute atomic E-state index is 0.377. The van der Waals surface area contributed by atoms with Gasteiger partial charge in [0.15, 0.2) is 0 Å². The van der Waals surface area contributed by atoms with Crippen molar-refractivity contribution in [2.45, 2.75) is 6.61 Å². The van der Waals surface area contributed by atoms with Crippen molar-refractivity contribution in [2.24, 2.45) is 5.73 Å². The SMILES string of the molecule is NC(=S)c1ccc(OCc2cccs2)cc1Br. The summed E-state index contributed by atoms with van der Waals surface area (Å²) in [6.07, 6.45) is 0. The molecule has 88 valence electrons. The average molecular weight is 328 g/mol. The number of nitrogens with two attached hydrogens (primary N) is 1. The second-order valence-corrected chi connectivity index (χ2v) is 5.70. The smallest absolute Gasteiger partial charge is 0.122 e. The highest BCUT2D eigenvalue weighted by Crippen LogP contribution is 2.24. The molecule has 0 atom stereocenters. The third-order valence-electron chi connectivity index (χ3n) is 2.17. The number of hydrogen-bond donors (Lipinski definition) is 1. The standard InChI is InChI=1S/C12H10BrNOS2/c13-11-6-8(3-4-10(11)12(14)16)15-7-9-2-1-5-17-9/h1-6H,7H2,(H2,14,16). The molecular weight excluding hydrogens is 318 g/mol. The summed E-state index contributed by atoms with van der Waals surface area (Å²) in [7, 11) is 0. The van der Waals surface area contributed by atoms with E-state index >= 15 is 0 Å². The van der Waals surface area contributed by atoms with Crippen molar-refractivity contribution in [1.82, 2.24) is 0 Å². The van der Waals surface area contributed by atoms with Gasteiger partial charge in [-0.25, -0.2) is 0 Å². The molecule has 1 aromatic carbocycles. The van der Waals surface area contributed by atoms with Crippen LogP contribution in [0.2, 0.25) is 0 Å². The van der Waals surface area contributed by atoms with Crippen molar-refractivity contribution in [1.29, 1.82) is 0 Å². The number of thiocarbonyl (C=S) groups is 1. The zero-order valence-corrected chi connectivity index (χ0v) is 12.1. The predicted octanol–water partition coefficient (Wildman–Crippen LogP) is 3.72. The minimum atomic E-state index is 0.377. The zero-order valence-electron chi connectivity index (χ0n) is 8.85. The van der Waals surface area contributed by atoms with Crippen LogP contribution < -0.4 is 10.5 Å². The van der Waals surface area contributed by atoms with Gasteiger partial charge in [0, 0.05) is 14.9 Å². The van der Waals surface area contributed by atoms with E-state index in [1.165, 1.54) is 4.88 Å². The Bertz CT molecular complexity index is 525. The molecular formula is C12H10BrNOS2. The lowest BCUT2D eigenvalue weighted by Crippen LogP contribution is -2.10. The van der Waals surface area contributed by atoms with Crippen LogP contribution in [0.5, 0.6) is 5.75 Å². The third-order valence-corrected chi connectivity index (χ3v) is 3.89. The van der Waals surface area contributed by atoms with Gasteiger partial charge >= 0.3 is 0 Å². The van der Waals surface area contributed by atoms with Crippen LogP contribution in [0.3, 0.4) is 0 Å². The van der Waals surface area contributed by atoms with Crippen molar-refractivity contribution in [3.05, 3.63) is 50.6 Å². The van der Waals surface area contributed by atoms with E-state index in [2.05, 4.69) is 15.9 Å². The summed E-state index contributed by atoms with van der Waals surface area (Å²) in [6.45, 7) is 0.580. The molecule has 2 rings (SSSR count). The van der Waals surface area contributed by atoms with Crippen molar-refractivity contribution in [2.75, 3.05) is 0 Å². The number of halogens is 1. The van der Waals surface area contributed by atoms with Crippen LogP contribution in [0.25, 0.3) is 0 Å². The van der Waals surface area contributed by atoms with Gasteiger partial charge in [-0.2, -0.15) is 0 Å². The van der Waals surface area contributed by atoms with Gasteiger partial charge in [0.05, 0.1) is 0 Å². The number of thiophene rings is 1. The Hall–Kier alpha value is -0.910. The van der Waals surface area contributed by atoms with Crippen molar-refractivity contribution in [3.63, 3.8) is 0 Å². The van der Waals surface area contributed by atoms with Gasteiger partial charge in [0.1, 0.15) is 17.3 Å². The maximum atomic E-state index is 5.66. The molecule has 0 saturated carbocycles. The highest BCUT2D eigenvalue weighted by atomic mass is 79.9. The summed E-state index contributed by atoms with van der Waals surface area (Å²) in [4.78, 5) is 1.57. The van der Waals surface area contributed by atoms with Crippen LogP contribution >= 0.6 is 39.5 Å². The van der Waals surface area contributed by atoms with Crippen LogP contribution in [-0.4, -0.2) is 4.99 Å². The fraction of sp³-hybridized carbons (Fsp3) is 0.0833. The second-order valence-electron chi connectivity index (χ2n) is 3.37. The zero-order chi connectivity index (χ0) is 12.3. The molecule has 1 heterocycles. The summed E-state index contributed by atoms with van der Waals surface area (Å²) in [5, 5.41) is 2.03. The first kappa shape index (κ1) is 12.5. The Kier molecular flexibility index (Phi) is 4.15. The monoisotopic (exact) mass is 327 g/mol. The third kappa shape index (κ3) is 3.28. The molecule has 0 radical (unpaired) electrons. The summed E-state index contributed by atoms with van der Waals surface area (Å²) in [6, 6.07) is 9.66. The number of hydrogen-bond acceptors (Lipinski definition) is 3. The molecule has 0 spiro atoms. The van der Waals surface area contributed by atoms with Crippen LogP contribution in [0.4, 0.5) is 0 Å². The van der Waals surface area contributed by atoms with Gasteiger partial charge < -0.3 is 10.5 Å². The van der Waals surface area contributed by atoms with Crippen LogP contribution in [0.15, 0.2) is 40.2 Å². The molecule has 1 aromatic heterocycles. The molecule has 17 heavy (non-hydrogen) atoms. The highest BCUT2D eigenvalue weighted by Gasteiger charge is 2.04. The molecule has 0 aliphatic heterocycles. The van der Waals surface area contributed by atoms with Gasteiger partial charge in [0.2, 0.25) is 0 Å². The number of ether oxygens (including phenoxy) is 1. The van der Waals surface area contributed by atoms with E-state index in [0.29, 0.717) is 11.6 Å². The van der Waals surface area contributed by atoms with Gasteiger partial charge in [-0.1, -0.05) is 18.3 Å². The Morgan fingerprint density at radius 1 is 1.41 bits per heavy atom. The highest BCUT2D eigenvalue weighted by molar-refractivity contribution is 9.10. The maximum Gasteiger partial charge on any atom is 0.122 e. The molecule has 0 saturated heterocycles. The first-order chi connectivity index (χ1) is 8.16.